The van der Waals surface area contributed by atoms with Crippen molar-refractivity contribution in [2.75, 3.05) is 13.2 Å². The van der Waals surface area contributed by atoms with Crippen LogP contribution in [0.25, 0.3) is 11.1 Å². The van der Waals surface area contributed by atoms with Crippen LogP contribution in [0.1, 0.15) is 69.4 Å². The van der Waals surface area contributed by atoms with Gasteiger partial charge >= 0.3 is 12.1 Å². The summed E-state index contributed by atoms with van der Waals surface area (Å²) in [7, 11) is 0. The highest BCUT2D eigenvalue weighted by Crippen LogP contribution is 2.44. The second-order valence-electron chi connectivity index (χ2n) is 9.68. The molecule has 1 atom stereocenters. The lowest BCUT2D eigenvalue weighted by atomic mass is 9.80. The zero-order chi connectivity index (χ0) is 25.0. The van der Waals surface area contributed by atoms with Gasteiger partial charge in [0, 0.05) is 12.0 Å². The molecule has 2 N–H and O–H groups in total. The Morgan fingerprint density at radius 3 is 2.14 bits per heavy atom. The minimum Gasteiger partial charge on any atom is -0.480 e. The van der Waals surface area contributed by atoms with Crippen LogP contribution in [0, 0.1) is 0 Å². The first-order valence-electron chi connectivity index (χ1n) is 12.5. The summed E-state index contributed by atoms with van der Waals surface area (Å²) in [5, 5.41) is 12.3. The number of carbonyl (C=O) groups is 3. The number of nitrogens with one attached hydrogen (secondary N) is 1. The van der Waals surface area contributed by atoms with Crippen molar-refractivity contribution >= 4 is 18.0 Å². The molecule has 2 aromatic rings. The summed E-state index contributed by atoms with van der Waals surface area (Å²) >= 11 is 0. The van der Waals surface area contributed by atoms with Gasteiger partial charge in [0.25, 0.3) is 0 Å². The lowest BCUT2D eigenvalue weighted by Crippen LogP contribution is -2.62. The molecule has 2 aliphatic carbocycles. The van der Waals surface area contributed by atoms with Crippen molar-refractivity contribution in [3.8, 4) is 11.1 Å². The van der Waals surface area contributed by atoms with Crippen molar-refractivity contribution in [2.24, 2.45) is 0 Å². The summed E-state index contributed by atoms with van der Waals surface area (Å²) in [6.07, 6.45) is 3.49. The molecular weight excluding hydrogens is 444 g/mol. The smallest absolute Gasteiger partial charge is 0.408 e. The van der Waals surface area contributed by atoms with Crippen LogP contribution in [0.2, 0.25) is 0 Å². The van der Waals surface area contributed by atoms with E-state index in [0.29, 0.717) is 19.3 Å². The van der Waals surface area contributed by atoms with Gasteiger partial charge < -0.3 is 20.1 Å². The molecule has 2 amide bonds. The summed E-state index contributed by atoms with van der Waals surface area (Å²) in [5.74, 6) is -1.47. The van der Waals surface area contributed by atoms with Gasteiger partial charge in [-0.2, -0.15) is 0 Å². The average Bonchev–Trinajstić information content (AvgIpc) is 3.19. The van der Waals surface area contributed by atoms with E-state index in [1.165, 1.54) is 4.90 Å². The third-order valence-electron chi connectivity index (χ3n) is 7.49. The maximum atomic E-state index is 13.7. The number of aliphatic carboxylic acids is 1. The van der Waals surface area contributed by atoms with Crippen molar-refractivity contribution in [1.82, 2.24) is 10.2 Å². The van der Waals surface area contributed by atoms with E-state index < -0.39 is 17.6 Å². The number of carbonyl (C=O) groups excluding carboxylic acids is 2. The Labute approximate surface area is 206 Å². The summed E-state index contributed by atoms with van der Waals surface area (Å²) in [4.78, 5) is 39.6. The topological polar surface area (TPSA) is 95.9 Å². The fourth-order valence-electron chi connectivity index (χ4n) is 5.45. The standard InChI is InChI=1S/C28H34N2O5/c1-3-19(2)30(17-25(31)32)26(33)28(15-9-4-10-16-28)29-27(34)35-18-24-22-13-7-5-11-20(22)21-12-6-8-14-23(21)24/h5-8,11-14,19,24H,3-4,9-10,15-18H2,1-2H3,(H,29,34)(H,31,32). The molecule has 1 fully saturated rings. The van der Waals surface area contributed by atoms with Crippen LogP contribution in [0.5, 0.6) is 0 Å². The van der Waals surface area contributed by atoms with Crippen LogP contribution in [0.3, 0.4) is 0 Å². The van der Waals surface area contributed by atoms with E-state index in [0.717, 1.165) is 41.5 Å². The van der Waals surface area contributed by atoms with Crippen LogP contribution in [0.4, 0.5) is 4.79 Å². The highest BCUT2D eigenvalue weighted by molar-refractivity contribution is 5.92. The van der Waals surface area contributed by atoms with Gasteiger partial charge in [-0.3, -0.25) is 9.59 Å². The quantitative estimate of drug-likeness (QED) is 0.560. The Morgan fingerprint density at radius 1 is 1.03 bits per heavy atom. The van der Waals surface area contributed by atoms with Crippen LogP contribution in [-0.4, -0.2) is 52.7 Å². The van der Waals surface area contributed by atoms with Gasteiger partial charge in [0.1, 0.15) is 18.7 Å². The first kappa shape index (κ1) is 24.8. The zero-order valence-corrected chi connectivity index (χ0v) is 20.5. The average molecular weight is 479 g/mol. The minimum atomic E-state index is -1.14. The fraction of sp³-hybridized carbons (Fsp3) is 0.464. The number of fused-ring (bicyclic) bond motifs is 3. The maximum absolute atomic E-state index is 13.7. The number of carboxylic acid groups (broad SMARTS) is 1. The number of benzene rings is 2. The lowest BCUT2D eigenvalue weighted by molar-refractivity contribution is -0.150. The van der Waals surface area contributed by atoms with E-state index in [1.54, 1.807) is 0 Å². The highest BCUT2D eigenvalue weighted by Gasteiger charge is 2.45. The van der Waals surface area contributed by atoms with Crippen molar-refractivity contribution in [3.05, 3.63) is 59.7 Å². The number of hydrogen-bond acceptors (Lipinski definition) is 4. The Kier molecular flexibility index (Phi) is 7.43. The van der Waals surface area contributed by atoms with Crippen molar-refractivity contribution < 1.29 is 24.2 Å². The van der Waals surface area contributed by atoms with Gasteiger partial charge in [-0.25, -0.2) is 4.79 Å². The van der Waals surface area contributed by atoms with Gasteiger partial charge in [-0.15, -0.1) is 0 Å². The van der Waals surface area contributed by atoms with E-state index in [-0.39, 0.29) is 31.0 Å². The number of carboxylic acids is 1. The molecule has 0 bridgehead atoms. The maximum Gasteiger partial charge on any atom is 0.408 e. The molecule has 35 heavy (non-hydrogen) atoms. The third kappa shape index (κ3) is 5.04. The normalized spacial score (nSPS) is 17.1. The van der Waals surface area contributed by atoms with Crippen molar-refractivity contribution in [1.29, 1.82) is 0 Å². The Morgan fingerprint density at radius 2 is 1.60 bits per heavy atom. The first-order valence-corrected chi connectivity index (χ1v) is 12.5. The number of nitrogens with zero attached hydrogens (tertiary/aromatic N) is 1. The molecule has 0 aromatic heterocycles. The van der Waals surface area contributed by atoms with Crippen LogP contribution >= 0.6 is 0 Å². The Hall–Kier alpha value is -3.35. The Balaban J connectivity index is 1.51. The van der Waals surface area contributed by atoms with Crippen LogP contribution in [-0.2, 0) is 14.3 Å². The second kappa shape index (κ2) is 10.5. The molecule has 1 saturated carbocycles. The fourth-order valence-corrected chi connectivity index (χ4v) is 5.45. The third-order valence-corrected chi connectivity index (χ3v) is 7.49. The van der Waals surface area contributed by atoms with E-state index in [2.05, 4.69) is 29.6 Å². The first-order chi connectivity index (χ1) is 16.9. The highest BCUT2D eigenvalue weighted by atomic mass is 16.5. The molecule has 7 nitrogen and oxygen atoms in total. The summed E-state index contributed by atoms with van der Waals surface area (Å²) < 4.78 is 5.73. The Bertz CT molecular complexity index is 1050. The SMILES string of the molecule is CCC(C)N(CC(=O)O)C(=O)C1(NC(=O)OCC2c3ccccc3-c3ccccc32)CCCCC1. The van der Waals surface area contributed by atoms with Crippen LogP contribution in [0.15, 0.2) is 48.5 Å². The molecule has 2 aromatic carbocycles. The molecule has 4 rings (SSSR count). The molecule has 0 spiro atoms. The summed E-state index contributed by atoms with van der Waals surface area (Å²) in [6.45, 7) is 3.53. The molecule has 0 heterocycles. The molecule has 0 saturated heterocycles. The van der Waals surface area contributed by atoms with Crippen molar-refractivity contribution in [3.63, 3.8) is 0 Å². The van der Waals surface area contributed by atoms with Gasteiger partial charge in [0.2, 0.25) is 5.91 Å². The van der Waals surface area contributed by atoms with Gasteiger partial charge in [-0.05, 0) is 48.4 Å². The van der Waals surface area contributed by atoms with Crippen LogP contribution < -0.4 is 5.32 Å². The molecule has 2 aliphatic rings. The van der Waals surface area contributed by atoms with E-state index in [1.807, 2.05) is 38.1 Å². The number of ether oxygens (including phenoxy) is 1. The number of alkyl carbamates (subject to hydrolysis) is 1. The van der Waals surface area contributed by atoms with E-state index in [9.17, 15) is 19.5 Å². The molecule has 186 valence electrons. The van der Waals surface area contributed by atoms with E-state index >= 15 is 0 Å². The number of amides is 2. The number of rotatable bonds is 8. The molecule has 0 aliphatic heterocycles. The van der Waals surface area contributed by atoms with E-state index in [4.69, 9.17) is 4.74 Å². The lowest BCUT2D eigenvalue weighted by Gasteiger charge is -2.41. The van der Waals surface area contributed by atoms with Gasteiger partial charge in [0.15, 0.2) is 0 Å². The van der Waals surface area contributed by atoms with Crippen molar-refractivity contribution in [2.45, 2.75) is 69.9 Å². The molecule has 1 unspecified atom stereocenters. The number of hydrogen-bond donors (Lipinski definition) is 2. The zero-order valence-electron chi connectivity index (χ0n) is 20.5. The molecular formula is C28H34N2O5. The second-order valence-corrected chi connectivity index (χ2v) is 9.68. The summed E-state index contributed by atoms with van der Waals surface area (Å²) in [6, 6.07) is 16.0. The summed E-state index contributed by atoms with van der Waals surface area (Å²) in [5.41, 5.74) is 3.39. The van der Waals surface area contributed by atoms with Gasteiger partial charge in [-0.1, -0.05) is 74.7 Å². The monoisotopic (exact) mass is 478 g/mol. The molecule has 7 heteroatoms. The predicted octanol–water partition coefficient (Wildman–Crippen LogP) is 4.94. The largest absolute Gasteiger partial charge is 0.480 e. The predicted molar refractivity (Wildman–Crippen MR) is 133 cm³/mol. The molecule has 0 radical (unpaired) electrons. The van der Waals surface area contributed by atoms with Gasteiger partial charge in [0.05, 0.1) is 0 Å². The minimum absolute atomic E-state index is 0.0743.